The molecular weight excluding hydrogens is 215 g/mol. The van der Waals surface area contributed by atoms with Gasteiger partial charge in [-0.1, -0.05) is 0 Å². The molecule has 15 heavy (non-hydrogen) atoms. The number of benzene rings is 1. The van der Waals surface area contributed by atoms with Crippen LogP contribution in [0.4, 0.5) is 4.39 Å². The molecular formula is C11H13FO2S. The highest BCUT2D eigenvalue weighted by atomic mass is 32.2. The summed E-state index contributed by atoms with van der Waals surface area (Å²) in [7, 11) is 1.53. The lowest BCUT2D eigenvalue weighted by Gasteiger charge is -2.24. The van der Waals surface area contributed by atoms with Crippen LogP contribution in [0.15, 0.2) is 18.2 Å². The average molecular weight is 228 g/mol. The Kier molecular flexibility index (Phi) is 2.89. The Morgan fingerprint density at radius 1 is 1.53 bits per heavy atom. The highest BCUT2D eigenvalue weighted by Crippen LogP contribution is 2.40. The number of thioether (sulfide) groups is 1. The minimum absolute atomic E-state index is 0.337. The van der Waals surface area contributed by atoms with Crippen molar-refractivity contribution in [2.24, 2.45) is 0 Å². The molecule has 1 aromatic carbocycles. The number of halogens is 1. The number of hydrogen-bond acceptors (Lipinski definition) is 3. The van der Waals surface area contributed by atoms with Gasteiger partial charge in [-0.2, -0.15) is 11.8 Å². The van der Waals surface area contributed by atoms with E-state index in [2.05, 4.69) is 0 Å². The molecule has 1 atom stereocenters. The van der Waals surface area contributed by atoms with Crippen molar-refractivity contribution in [2.75, 3.05) is 18.6 Å². The molecule has 0 saturated carbocycles. The zero-order chi connectivity index (χ0) is 10.9. The molecule has 0 radical (unpaired) electrons. The summed E-state index contributed by atoms with van der Waals surface area (Å²) >= 11 is 1.67. The highest BCUT2D eigenvalue weighted by Gasteiger charge is 2.36. The van der Waals surface area contributed by atoms with Crippen molar-refractivity contribution in [1.29, 1.82) is 0 Å². The third kappa shape index (κ3) is 1.96. The van der Waals surface area contributed by atoms with Crippen LogP contribution >= 0.6 is 11.8 Å². The summed E-state index contributed by atoms with van der Waals surface area (Å²) < 4.78 is 18.3. The maximum Gasteiger partial charge on any atom is 0.125 e. The standard InChI is InChI=1S/C11H13FO2S/c1-14-10-3-2-8(12)6-9(10)11(13)4-5-15-7-11/h2-3,6,13H,4-5,7H2,1H3. The molecule has 1 heterocycles. The Morgan fingerprint density at radius 3 is 2.93 bits per heavy atom. The first-order valence-corrected chi connectivity index (χ1v) is 5.95. The van der Waals surface area contributed by atoms with Crippen LogP contribution in [0.25, 0.3) is 0 Å². The third-order valence-electron chi connectivity index (χ3n) is 2.66. The zero-order valence-electron chi connectivity index (χ0n) is 8.50. The van der Waals surface area contributed by atoms with E-state index < -0.39 is 5.60 Å². The van der Waals surface area contributed by atoms with E-state index in [-0.39, 0.29) is 5.82 Å². The molecule has 2 rings (SSSR count). The third-order valence-corrected chi connectivity index (χ3v) is 3.84. The van der Waals surface area contributed by atoms with E-state index >= 15 is 0 Å². The van der Waals surface area contributed by atoms with Gasteiger partial charge in [0.1, 0.15) is 17.2 Å². The van der Waals surface area contributed by atoms with Crippen LogP contribution in [-0.4, -0.2) is 23.7 Å². The summed E-state index contributed by atoms with van der Waals surface area (Å²) in [6.45, 7) is 0. The first-order chi connectivity index (χ1) is 7.15. The minimum Gasteiger partial charge on any atom is -0.496 e. The molecule has 1 saturated heterocycles. The first-order valence-electron chi connectivity index (χ1n) is 4.80. The summed E-state index contributed by atoms with van der Waals surface area (Å²) in [5.41, 5.74) is -0.368. The van der Waals surface area contributed by atoms with Gasteiger partial charge in [-0.05, 0) is 30.4 Å². The predicted molar refractivity (Wildman–Crippen MR) is 58.8 cm³/mol. The van der Waals surface area contributed by atoms with Crippen LogP contribution in [0, 0.1) is 5.82 Å². The van der Waals surface area contributed by atoms with Crippen LogP contribution in [0.1, 0.15) is 12.0 Å². The van der Waals surface area contributed by atoms with Crippen molar-refractivity contribution < 1.29 is 14.2 Å². The van der Waals surface area contributed by atoms with E-state index in [0.717, 1.165) is 5.75 Å². The molecule has 1 aliphatic heterocycles. The van der Waals surface area contributed by atoms with Crippen LogP contribution in [-0.2, 0) is 5.60 Å². The molecule has 4 heteroatoms. The molecule has 1 aliphatic rings. The van der Waals surface area contributed by atoms with Gasteiger partial charge < -0.3 is 9.84 Å². The van der Waals surface area contributed by atoms with Gasteiger partial charge in [0.05, 0.1) is 7.11 Å². The molecule has 1 N–H and O–H groups in total. The number of methoxy groups -OCH3 is 1. The van der Waals surface area contributed by atoms with E-state index in [4.69, 9.17) is 4.74 Å². The van der Waals surface area contributed by atoms with Crippen molar-refractivity contribution in [3.8, 4) is 5.75 Å². The highest BCUT2D eigenvalue weighted by molar-refractivity contribution is 7.99. The normalized spacial score (nSPS) is 25.5. The van der Waals surface area contributed by atoms with Crippen molar-refractivity contribution in [2.45, 2.75) is 12.0 Å². The van der Waals surface area contributed by atoms with Gasteiger partial charge in [-0.25, -0.2) is 4.39 Å². The Labute approximate surface area is 92.4 Å². The lowest BCUT2D eigenvalue weighted by molar-refractivity contribution is 0.0626. The second-order valence-electron chi connectivity index (χ2n) is 3.68. The van der Waals surface area contributed by atoms with E-state index in [1.165, 1.54) is 19.2 Å². The quantitative estimate of drug-likeness (QED) is 0.841. The summed E-state index contributed by atoms with van der Waals surface area (Å²) in [6.07, 6.45) is 0.650. The summed E-state index contributed by atoms with van der Waals surface area (Å²) in [5.74, 6) is 1.72. The second-order valence-corrected chi connectivity index (χ2v) is 4.78. The van der Waals surface area contributed by atoms with Crippen LogP contribution in [0.3, 0.4) is 0 Å². The Hall–Kier alpha value is -0.740. The van der Waals surface area contributed by atoms with Gasteiger partial charge in [0.25, 0.3) is 0 Å². The first kappa shape index (κ1) is 10.8. The van der Waals surface area contributed by atoms with Crippen LogP contribution in [0.2, 0.25) is 0 Å². The number of aliphatic hydroxyl groups is 1. The summed E-state index contributed by atoms with van der Waals surface area (Å²) in [4.78, 5) is 0. The van der Waals surface area contributed by atoms with E-state index in [1.54, 1.807) is 17.8 Å². The van der Waals surface area contributed by atoms with E-state index in [9.17, 15) is 9.50 Å². The van der Waals surface area contributed by atoms with Gasteiger partial charge in [0.15, 0.2) is 0 Å². The SMILES string of the molecule is COc1ccc(F)cc1C1(O)CCSC1. The van der Waals surface area contributed by atoms with Crippen molar-refractivity contribution in [1.82, 2.24) is 0 Å². The van der Waals surface area contributed by atoms with Gasteiger partial charge in [0.2, 0.25) is 0 Å². The van der Waals surface area contributed by atoms with Gasteiger partial charge in [-0.15, -0.1) is 0 Å². The number of ether oxygens (including phenoxy) is 1. The fraction of sp³-hybridized carbons (Fsp3) is 0.455. The van der Waals surface area contributed by atoms with E-state index in [0.29, 0.717) is 23.5 Å². The second kappa shape index (κ2) is 4.02. The molecule has 0 bridgehead atoms. The minimum atomic E-state index is -0.932. The fourth-order valence-electron chi connectivity index (χ4n) is 1.81. The largest absolute Gasteiger partial charge is 0.496 e. The Morgan fingerprint density at radius 2 is 2.33 bits per heavy atom. The monoisotopic (exact) mass is 228 g/mol. The maximum absolute atomic E-state index is 13.1. The molecule has 0 amide bonds. The van der Waals surface area contributed by atoms with Gasteiger partial charge >= 0.3 is 0 Å². The molecule has 0 aromatic heterocycles. The van der Waals surface area contributed by atoms with Gasteiger partial charge in [0, 0.05) is 11.3 Å². The topological polar surface area (TPSA) is 29.5 Å². The summed E-state index contributed by atoms with van der Waals surface area (Å²) in [6, 6.07) is 4.27. The Bertz CT molecular complexity index is 362. The summed E-state index contributed by atoms with van der Waals surface area (Å²) in [5, 5.41) is 10.3. The average Bonchev–Trinajstić information content (AvgIpc) is 2.66. The van der Waals surface area contributed by atoms with Crippen molar-refractivity contribution in [3.63, 3.8) is 0 Å². The molecule has 1 fully saturated rings. The van der Waals surface area contributed by atoms with Crippen molar-refractivity contribution in [3.05, 3.63) is 29.6 Å². The van der Waals surface area contributed by atoms with Crippen LogP contribution in [0.5, 0.6) is 5.75 Å². The lowest BCUT2D eigenvalue weighted by Crippen LogP contribution is -2.25. The van der Waals surface area contributed by atoms with Crippen LogP contribution < -0.4 is 4.74 Å². The predicted octanol–water partition coefficient (Wildman–Crippen LogP) is 2.16. The number of rotatable bonds is 2. The number of hydrogen-bond donors (Lipinski definition) is 1. The van der Waals surface area contributed by atoms with Gasteiger partial charge in [-0.3, -0.25) is 0 Å². The van der Waals surface area contributed by atoms with E-state index in [1.807, 2.05) is 0 Å². The molecule has 0 spiro atoms. The lowest BCUT2D eigenvalue weighted by atomic mass is 9.92. The van der Waals surface area contributed by atoms with Crippen molar-refractivity contribution >= 4 is 11.8 Å². The fourth-order valence-corrected chi connectivity index (χ4v) is 3.07. The zero-order valence-corrected chi connectivity index (χ0v) is 9.31. The molecule has 1 aromatic rings. The Balaban J connectivity index is 2.44. The molecule has 1 unspecified atom stereocenters. The maximum atomic E-state index is 13.1. The smallest absolute Gasteiger partial charge is 0.125 e. The molecule has 0 aliphatic carbocycles. The molecule has 82 valence electrons. The molecule has 2 nitrogen and oxygen atoms in total.